The molecule has 0 amide bonds. The van der Waals surface area contributed by atoms with Gasteiger partial charge in [0.25, 0.3) is 0 Å². The van der Waals surface area contributed by atoms with Crippen LogP contribution >= 0.6 is 11.6 Å². The molecule has 0 aromatic heterocycles. The van der Waals surface area contributed by atoms with Crippen molar-refractivity contribution in [3.63, 3.8) is 0 Å². The van der Waals surface area contributed by atoms with E-state index in [0.29, 0.717) is 16.3 Å². The molecule has 17 heavy (non-hydrogen) atoms. The van der Waals surface area contributed by atoms with Crippen LogP contribution < -0.4 is 5.01 Å². The topological polar surface area (TPSA) is 101 Å². The summed E-state index contributed by atoms with van der Waals surface area (Å²) in [5, 5.41) is 20.1. The fraction of sp³-hybridized carbons (Fsp3) is 0. The lowest BCUT2D eigenvalue weighted by Crippen LogP contribution is -2.12. The number of carboxylic acids is 1. The average Bonchev–Trinajstić information content (AvgIpc) is 2.30. The number of anilines is 1. The molecule has 0 aliphatic rings. The molecule has 7 heteroatoms. The number of hydrogen-bond acceptors (Lipinski definition) is 4. The molecule has 0 bridgehead atoms. The first-order valence-corrected chi connectivity index (χ1v) is 4.84. The van der Waals surface area contributed by atoms with Crippen LogP contribution in [0.2, 0.25) is 5.02 Å². The summed E-state index contributed by atoms with van der Waals surface area (Å²) in [6.07, 6.45) is 3.11. The molecule has 0 aliphatic heterocycles. The summed E-state index contributed by atoms with van der Waals surface area (Å²) >= 11 is 5.79. The van der Waals surface area contributed by atoms with Crippen LogP contribution in [0.5, 0.6) is 0 Å². The van der Waals surface area contributed by atoms with Gasteiger partial charge in [0.05, 0.1) is 5.69 Å². The van der Waals surface area contributed by atoms with Crippen molar-refractivity contribution in [1.29, 1.82) is 10.9 Å². The molecule has 0 saturated heterocycles. The Hall–Kier alpha value is -2.21. The SMILES string of the molecule is N=CN(N=N)c1ccc(Cl)cc1/C=C/C(=O)O. The molecular formula is C10H9ClN4O2. The number of nitrogens with zero attached hydrogens (tertiary/aromatic N) is 2. The van der Waals surface area contributed by atoms with Crippen LogP contribution in [-0.4, -0.2) is 17.4 Å². The van der Waals surface area contributed by atoms with Gasteiger partial charge in [0.1, 0.15) is 6.34 Å². The van der Waals surface area contributed by atoms with Crippen LogP contribution in [0, 0.1) is 10.9 Å². The number of carboxylic acid groups (broad SMARTS) is 1. The van der Waals surface area contributed by atoms with Crippen LogP contribution in [0.4, 0.5) is 5.69 Å². The second kappa shape index (κ2) is 5.76. The summed E-state index contributed by atoms with van der Waals surface area (Å²) in [6, 6.07) is 4.64. The van der Waals surface area contributed by atoms with E-state index in [1.165, 1.54) is 12.1 Å². The van der Waals surface area contributed by atoms with E-state index in [2.05, 4.69) is 5.22 Å². The van der Waals surface area contributed by atoms with Crippen molar-refractivity contribution in [2.45, 2.75) is 0 Å². The molecule has 0 atom stereocenters. The third kappa shape index (κ3) is 3.39. The van der Waals surface area contributed by atoms with Crippen molar-refractivity contribution in [2.75, 3.05) is 5.01 Å². The van der Waals surface area contributed by atoms with Gasteiger partial charge in [0, 0.05) is 16.7 Å². The number of halogens is 1. The Kier molecular flexibility index (Phi) is 4.36. The fourth-order valence-corrected chi connectivity index (χ4v) is 1.36. The maximum absolute atomic E-state index is 10.4. The van der Waals surface area contributed by atoms with Crippen molar-refractivity contribution in [3.8, 4) is 0 Å². The summed E-state index contributed by atoms with van der Waals surface area (Å²) in [5.74, 6) is -1.10. The summed E-state index contributed by atoms with van der Waals surface area (Å²) in [6.45, 7) is 0. The molecule has 0 fully saturated rings. The maximum atomic E-state index is 10.4. The van der Waals surface area contributed by atoms with E-state index in [0.717, 1.165) is 17.4 Å². The Balaban J connectivity index is 3.24. The van der Waals surface area contributed by atoms with E-state index in [1.54, 1.807) is 12.1 Å². The first-order chi connectivity index (χ1) is 8.08. The monoisotopic (exact) mass is 252 g/mol. The Morgan fingerprint density at radius 3 is 2.76 bits per heavy atom. The quantitative estimate of drug-likeness (QED) is 0.247. The highest BCUT2D eigenvalue weighted by Gasteiger charge is 2.07. The highest BCUT2D eigenvalue weighted by molar-refractivity contribution is 6.30. The van der Waals surface area contributed by atoms with E-state index in [4.69, 9.17) is 27.6 Å². The van der Waals surface area contributed by atoms with Crippen LogP contribution in [0.3, 0.4) is 0 Å². The summed E-state index contributed by atoms with van der Waals surface area (Å²) in [5.41, 5.74) is 7.75. The number of nitrogens with one attached hydrogen (secondary N) is 2. The van der Waals surface area contributed by atoms with Gasteiger partial charge in [-0.1, -0.05) is 16.8 Å². The highest BCUT2D eigenvalue weighted by Crippen LogP contribution is 2.25. The number of benzene rings is 1. The first kappa shape index (κ1) is 12.9. The standard InChI is InChI=1S/C10H9ClN4O2/c11-8-2-3-9(15(6-12)14-13)7(5-8)1-4-10(16)17/h1-6,12-13H,(H,16,17)/b4-1+,12-6?,14-13?. The largest absolute Gasteiger partial charge is 0.478 e. The molecule has 1 rings (SSSR count). The van der Waals surface area contributed by atoms with Gasteiger partial charge in [0.2, 0.25) is 0 Å². The Labute approximate surface area is 102 Å². The molecule has 0 heterocycles. The lowest BCUT2D eigenvalue weighted by Gasteiger charge is -2.13. The van der Waals surface area contributed by atoms with Gasteiger partial charge < -0.3 is 5.11 Å². The predicted octanol–water partition coefficient (Wildman–Crippen LogP) is 2.80. The zero-order chi connectivity index (χ0) is 12.8. The third-order valence-electron chi connectivity index (χ3n) is 1.87. The van der Waals surface area contributed by atoms with Crippen LogP contribution in [-0.2, 0) is 4.79 Å². The second-order valence-corrected chi connectivity index (χ2v) is 3.38. The highest BCUT2D eigenvalue weighted by atomic mass is 35.5. The van der Waals surface area contributed by atoms with Gasteiger partial charge in [-0.25, -0.2) is 9.80 Å². The molecular weight excluding hydrogens is 244 g/mol. The number of hydrogen-bond donors (Lipinski definition) is 3. The maximum Gasteiger partial charge on any atom is 0.328 e. The lowest BCUT2D eigenvalue weighted by molar-refractivity contribution is -0.131. The van der Waals surface area contributed by atoms with Crippen LogP contribution in [0.1, 0.15) is 5.56 Å². The van der Waals surface area contributed by atoms with E-state index >= 15 is 0 Å². The van der Waals surface area contributed by atoms with Gasteiger partial charge in [-0.15, -0.1) is 0 Å². The predicted molar refractivity (Wildman–Crippen MR) is 64.5 cm³/mol. The minimum absolute atomic E-state index is 0.400. The summed E-state index contributed by atoms with van der Waals surface area (Å²) in [4.78, 5) is 10.4. The first-order valence-electron chi connectivity index (χ1n) is 4.46. The van der Waals surface area contributed by atoms with Gasteiger partial charge >= 0.3 is 5.97 Å². The van der Waals surface area contributed by atoms with Gasteiger partial charge in [0.15, 0.2) is 0 Å². The number of rotatable bonds is 5. The van der Waals surface area contributed by atoms with E-state index in [-0.39, 0.29) is 0 Å². The molecule has 3 N–H and O–H groups in total. The van der Waals surface area contributed by atoms with E-state index < -0.39 is 5.97 Å². The fourth-order valence-electron chi connectivity index (χ4n) is 1.18. The Morgan fingerprint density at radius 1 is 1.53 bits per heavy atom. The van der Waals surface area contributed by atoms with Gasteiger partial charge in [-0.2, -0.15) is 5.53 Å². The summed E-state index contributed by atoms with van der Waals surface area (Å²) in [7, 11) is 0. The minimum Gasteiger partial charge on any atom is -0.478 e. The average molecular weight is 253 g/mol. The number of aliphatic carboxylic acids is 1. The minimum atomic E-state index is -1.10. The van der Waals surface area contributed by atoms with Gasteiger partial charge in [-0.3, -0.25) is 5.41 Å². The molecule has 1 aromatic carbocycles. The zero-order valence-corrected chi connectivity index (χ0v) is 9.35. The normalized spacial score (nSPS) is 10.2. The smallest absolute Gasteiger partial charge is 0.328 e. The van der Waals surface area contributed by atoms with Crippen molar-refractivity contribution in [3.05, 3.63) is 34.9 Å². The molecule has 88 valence electrons. The van der Waals surface area contributed by atoms with E-state index in [9.17, 15) is 4.79 Å². The number of carbonyl (C=O) groups is 1. The van der Waals surface area contributed by atoms with Crippen LogP contribution in [0.25, 0.3) is 6.08 Å². The van der Waals surface area contributed by atoms with Crippen molar-refractivity contribution in [1.82, 2.24) is 0 Å². The molecule has 0 aliphatic carbocycles. The summed E-state index contributed by atoms with van der Waals surface area (Å²) < 4.78 is 0. The van der Waals surface area contributed by atoms with E-state index in [1.807, 2.05) is 0 Å². The molecule has 0 radical (unpaired) electrons. The molecule has 0 saturated carbocycles. The molecule has 0 spiro atoms. The Bertz CT molecular complexity index is 479. The lowest BCUT2D eigenvalue weighted by atomic mass is 10.1. The second-order valence-electron chi connectivity index (χ2n) is 2.95. The van der Waals surface area contributed by atoms with Gasteiger partial charge in [-0.05, 0) is 24.3 Å². The van der Waals surface area contributed by atoms with Crippen molar-refractivity contribution < 1.29 is 9.90 Å². The molecule has 1 aromatic rings. The molecule has 0 unspecified atom stereocenters. The van der Waals surface area contributed by atoms with Crippen molar-refractivity contribution >= 4 is 35.7 Å². The zero-order valence-electron chi connectivity index (χ0n) is 8.59. The Morgan fingerprint density at radius 2 is 2.24 bits per heavy atom. The van der Waals surface area contributed by atoms with Crippen LogP contribution in [0.15, 0.2) is 29.5 Å². The van der Waals surface area contributed by atoms with Crippen molar-refractivity contribution in [2.24, 2.45) is 5.22 Å². The third-order valence-corrected chi connectivity index (χ3v) is 2.11. The molecule has 6 nitrogen and oxygen atoms in total.